The molecule has 1 heteroatoms. The first-order valence-corrected chi connectivity index (χ1v) is 7.33. The minimum Gasteiger partial charge on any atom is -0.309 e. The molecule has 0 aliphatic carbocycles. The molecule has 0 saturated heterocycles. The molecule has 0 N–H and O–H groups in total. The second-order valence-corrected chi connectivity index (χ2v) is 4.22. The van der Waals surface area contributed by atoms with Gasteiger partial charge in [0, 0.05) is 0 Å². The topological polar surface area (TPSA) is 3.24 Å². The van der Waals surface area contributed by atoms with Gasteiger partial charge in [-0.3, -0.25) is 0 Å². The monoisotopic (exact) mass is 231 g/mol. The van der Waals surface area contributed by atoms with E-state index in [1.54, 1.807) is 0 Å². The maximum absolute atomic E-state index is 2.23. The maximum atomic E-state index is 2.23. The van der Waals surface area contributed by atoms with Gasteiger partial charge in [-0.15, -0.1) is 0 Å². The highest BCUT2D eigenvalue weighted by molar-refractivity contribution is 4.42. The van der Waals surface area contributed by atoms with Gasteiger partial charge in [0.1, 0.15) is 0 Å². The zero-order valence-electron chi connectivity index (χ0n) is 13.1. The minimum atomic E-state index is 1.24. The van der Waals surface area contributed by atoms with Crippen LogP contribution in [0.2, 0.25) is 0 Å². The Labute approximate surface area is 106 Å². The van der Waals surface area contributed by atoms with Crippen LogP contribution in [-0.4, -0.2) is 25.5 Å². The Kier molecular flexibility index (Phi) is 32.3. The summed E-state index contributed by atoms with van der Waals surface area (Å²) in [7, 11) is 4.24. The van der Waals surface area contributed by atoms with Crippen molar-refractivity contribution in [2.45, 2.75) is 79.6 Å². The molecule has 0 aliphatic heterocycles. The Bertz CT molecular complexity index is 75.5. The summed E-state index contributed by atoms with van der Waals surface area (Å²) in [5, 5.41) is 0. The zero-order valence-corrected chi connectivity index (χ0v) is 13.1. The molecular weight excluding hydrogens is 194 g/mol. The second kappa shape index (κ2) is 24.3. The lowest BCUT2D eigenvalue weighted by atomic mass is 10.2. The number of hydrogen-bond donors (Lipinski definition) is 0. The van der Waals surface area contributed by atoms with Crippen LogP contribution < -0.4 is 0 Å². The van der Waals surface area contributed by atoms with Crippen molar-refractivity contribution in [1.29, 1.82) is 0 Å². The first-order chi connectivity index (χ1) is 7.68. The average Bonchev–Trinajstić information content (AvgIpc) is 2.30. The summed E-state index contributed by atoms with van der Waals surface area (Å²) in [6.45, 7) is 11.9. The molecule has 0 radical (unpaired) electrons. The summed E-state index contributed by atoms with van der Waals surface area (Å²) < 4.78 is 0. The third-order valence-electron chi connectivity index (χ3n) is 2.17. The van der Waals surface area contributed by atoms with E-state index in [1.165, 1.54) is 51.5 Å². The SMILES string of the molecule is CC.CCCCCC.CCCCCN(C)C. The fourth-order valence-corrected chi connectivity index (χ4v) is 1.18. The molecule has 1 nitrogen and oxygen atoms in total. The number of unbranched alkanes of at least 4 members (excludes halogenated alkanes) is 5. The zero-order chi connectivity index (χ0) is 13.2. The molecule has 0 fully saturated rings. The minimum absolute atomic E-state index is 1.24. The van der Waals surface area contributed by atoms with E-state index in [2.05, 4.69) is 39.8 Å². The van der Waals surface area contributed by atoms with Gasteiger partial charge in [0.2, 0.25) is 0 Å². The largest absolute Gasteiger partial charge is 0.309 e. The van der Waals surface area contributed by atoms with E-state index < -0.39 is 0 Å². The van der Waals surface area contributed by atoms with Crippen LogP contribution in [0.5, 0.6) is 0 Å². The molecule has 0 atom stereocenters. The number of hydrogen-bond acceptors (Lipinski definition) is 1. The van der Waals surface area contributed by atoms with Crippen LogP contribution >= 0.6 is 0 Å². The van der Waals surface area contributed by atoms with Gasteiger partial charge in [0.25, 0.3) is 0 Å². The van der Waals surface area contributed by atoms with Crippen LogP contribution in [0.15, 0.2) is 0 Å². The van der Waals surface area contributed by atoms with Crippen LogP contribution in [0.3, 0.4) is 0 Å². The van der Waals surface area contributed by atoms with Crippen molar-refractivity contribution >= 4 is 0 Å². The lowest BCUT2D eigenvalue weighted by molar-refractivity contribution is 0.393. The van der Waals surface area contributed by atoms with Gasteiger partial charge in [-0.25, -0.2) is 0 Å². The van der Waals surface area contributed by atoms with E-state index in [0.29, 0.717) is 0 Å². The van der Waals surface area contributed by atoms with Gasteiger partial charge in [-0.05, 0) is 27.1 Å². The Morgan fingerprint density at radius 3 is 1.19 bits per heavy atom. The lowest BCUT2D eigenvalue weighted by Gasteiger charge is -2.06. The number of rotatable bonds is 7. The molecule has 16 heavy (non-hydrogen) atoms. The van der Waals surface area contributed by atoms with Gasteiger partial charge in [-0.1, -0.05) is 73.1 Å². The van der Waals surface area contributed by atoms with E-state index in [1.807, 2.05) is 13.8 Å². The Morgan fingerprint density at radius 1 is 0.625 bits per heavy atom. The fourth-order valence-electron chi connectivity index (χ4n) is 1.18. The molecule has 0 aliphatic rings. The third-order valence-corrected chi connectivity index (χ3v) is 2.17. The van der Waals surface area contributed by atoms with Crippen LogP contribution in [0.25, 0.3) is 0 Å². The fraction of sp³-hybridized carbons (Fsp3) is 1.00. The van der Waals surface area contributed by atoms with Crippen molar-refractivity contribution in [3.8, 4) is 0 Å². The molecular formula is C15H37N. The molecule has 0 saturated carbocycles. The standard InChI is InChI=1S/C7H17N.C6H14.C2H6/c1-4-5-6-7-8(2)3;1-3-5-6-4-2;1-2/h4-7H2,1-3H3;3-6H2,1-2H3;1-2H3. The molecule has 0 unspecified atom stereocenters. The van der Waals surface area contributed by atoms with Gasteiger partial charge < -0.3 is 4.90 Å². The third kappa shape index (κ3) is 37.0. The van der Waals surface area contributed by atoms with E-state index >= 15 is 0 Å². The Hall–Kier alpha value is -0.0400. The van der Waals surface area contributed by atoms with Crippen LogP contribution in [0, 0.1) is 0 Å². The van der Waals surface area contributed by atoms with Crippen molar-refractivity contribution in [2.75, 3.05) is 20.6 Å². The maximum Gasteiger partial charge on any atom is -0.00248 e. The van der Waals surface area contributed by atoms with E-state index in [4.69, 9.17) is 0 Å². The smallest absolute Gasteiger partial charge is 0.00248 e. The van der Waals surface area contributed by atoms with Crippen molar-refractivity contribution in [3.05, 3.63) is 0 Å². The van der Waals surface area contributed by atoms with Crippen LogP contribution in [0.4, 0.5) is 0 Å². The molecule has 0 bridgehead atoms. The van der Waals surface area contributed by atoms with E-state index in [-0.39, 0.29) is 0 Å². The summed E-state index contributed by atoms with van der Waals surface area (Å²) in [4.78, 5) is 2.23. The highest BCUT2D eigenvalue weighted by Gasteiger charge is 1.86. The molecule has 0 amide bonds. The van der Waals surface area contributed by atoms with E-state index in [9.17, 15) is 0 Å². The van der Waals surface area contributed by atoms with E-state index in [0.717, 1.165) is 0 Å². The summed E-state index contributed by atoms with van der Waals surface area (Å²) in [5.74, 6) is 0. The molecule has 102 valence electrons. The van der Waals surface area contributed by atoms with Gasteiger partial charge in [0.15, 0.2) is 0 Å². The van der Waals surface area contributed by atoms with Gasteiger partial charge >= 0.3 is 0 Å². The summed E-state index contributed by atoms with van der Waals surface area (Å²) in [6.07, 6.45) is 9.59. The lowest BCUT2D eigenvalue weighted by Crippen LogP contribution is -2.12. The molecule has 0 aromatic rings. The Morgan fingerprint density at radius 2 is 0.938 bits per heavy atom. The summed E-state index contributed by atoms with van der Waals surface area (Å²) >= 11 is 0. The number of nitrogens with zero attached hydrogens (tertiary/aromatic N) is 1. The first-order valence-electron chi connectivity index (χ1n) is 7.33. The normalized spacial score (nSPS) is 9.00. The van der Waals surface area contributed by atoms with Crippen LogP contribution in [0.1, 0.15) is 79.6 Å². The second-order valence-electron chi connectivity index (χ2n) is 4.22. The summed E-state index contributed by atoms with van der Waals surface area (Å²) in [6, 6.07) is 0. The molecule has 0 aromatic heterocycles. The molecule has 0 spiro atoms. The molecule has 0 heterocycles. The van der Waals surface area contributed by atoms with Crippen molar-refractivity contribution in [2.24, 2.45) is 0 Å². The van der Waals surface area contributed by atoms with Gasteiger partial charge in [0.05, 0.1) is 0 Å². The highest BCUT2D eigenvalue weighted by atomic mass is 15.0. The van der Waals surface area contributed by atoms with Crippen LogP contribution in [-0.2, 0) is 0 Å². The van der Waals surface area contributed by atoms with Crippen molar-refractivity contribution in [3.63, 3.8) is 0 Å². The van der Waals surface area contributed by atoms with Crippen molar-refractivity contribution in [1.82, 2.24) is 4.90 Å². The van der Waals surface area contributed by atoms with Gasteiger partial charge in [-0.2, -0.15) is 0 Å². The predicted octanol–water partition coefficient (Wildman–Crippen LogP) is 5.35. The molecule has 0 rings (SSSR count). The summed E-state index contributed by atoms with van der Waals surface area (Å²) in [5.41, 5.74) is 0. The highest BCUT2D eigenvalue weighted by Crippen LogP contribution is 1.95. The first kappa shape index (κ1) is 21.3. The quantitative estimate of drug-likeness (QED) is 0.534. The molecule has 0 aromatic carbocycles. The Balaban J connectivity index is -0.000000188. The predicted molar refractivity (Wildman–Crippen MR) is 79.2 cm³/mol. The average molecular weight is 231 g/mol. The van der Waals surface area contributed by atoms with Crippen molar-refractivity contribution < 1.29 is 0 Å².